The van der Waals surface area contributed by atoms with Crippen LogP contribution >= 0.6 is 0 Å². The van der Waals surface area contributed by atoms with E-state index in [-0.39, 0.29) is 17.3 Å². The lowest BCUT2D eigenvalue weighted by atomic mass is 10.3. The fourth-order valence-corrected chi connectivity index (χ4v) is 2.58. The Morgan fingerprint density at radius 1 is 1.39 bits per heavy atom. The second-order valence-electron chi connectivity index (χ2n) is 5.22. The summed E-state index contributed by atoms with van der Waals surface area (Å²) in [4.78, 5) is 13.7. The highest BCUT2D eigenvalue weighted by atomic mass is 32.2. The van der Waals surface area contributed by atoms with Crippen LogP contribution in [-0.4, -0.2) is 38.0 Å². The first-order valence-corrected chi connectivity index (χ1v) is 8.32. The van der Waals surface area contributed by atoms with Gasteiger partial charge >= 0.3 is 0 Å². The lowest BCUT2D eigenvalue weighted by molar-refractivity contribution is -0.117. The molecule has 8 nitrogen and oxygen atoms in total. The number of primary sulfonamides is 1. The lowest BCUT2D eigenvalue weighted by Crippen LogP contribution is -2.30. The van der Waals surface area contributed by atoms with E-state index in [1.807, 2.05) is 0 Å². The van der Waals surface area contributed by atoms with E-state index in [2.05, 4.69) is 10.5 Å². The van der Waals surface area contributed by atoms with Gasteiger partial charge in [0.1, 0.15) is 5.76 Å². The topological polar surface area (TPSA) is 119 Å². The van der Waals surface area contributed by atoms with Crippen LogP contribution in [0.15, 0.2) is 39.8 Å². The molecule has 0 radical (unpaired) electrons. The molecular formula is C14H18N4O4S. The Balaban J connectivity index is 1.94. The molecule has 0 aliphatic carbocycles. The first kappa shape index (κ1) is 17.1. The zero-order valence-electron chi connectivity index (χ0n) is 12.8. The summed E-state index contributed by atoms with van der Waals surface area (Å²) < 4.78 is 27.6. The summed E-state index contributed by atoms with van der Waals surface area (Å²) in [7, 11) is -2.03. The standard InChI is InChI=1S/C14H18N4O4S/c1-10-6-12(17-22-10)8-18(2)9-14(19)16-11-4-3-5-13(7-11)23(15,20)21/h3-7H,8-9H2,1-2H3,(H,16,19)(H2,15,20,21). The number of carbonyl (C=O) groups is 1. The molecule has 2 rings (SSSR count). The second kappa shape index (κ2) is 6.90. The Morgan fingerprint density at radius 2 is 2.13 bits per heavy atom. The minimum Gasteiger partial charge on any atom is -0.361 e. The number of aryl methyl sites for hydroxylation is 1. The van der Waals surface area contributed by atoms with Crippen molar-refractivity contribution in [3.63, 3.8) is 0 Å². The number of sulfonamides is 1. The van der Waals surface area contributed by atoms with Gasteiger partial charge in [0.2, 0.25) is 15.9 Å². The summed E-state index contributed by atoms with van der Waals surface area (Å²) >= 11 is 0. The van der Waals surface area contributed by atoms with Crippen LogP contribution in [-0.2, 0) is 21.4 Å². The van der Waals surface area contributed by atoms with Crippen LogP contribution < -0.4 is 10.5 Å². The lowest BCUT2D eigenvalue weighted by Gasteiger charge is -2.14. The quantitative estimate of drug-likeness (QED) is 0.800. The van der Waals surface area contributed by atoms with Gasteiger partial charge in [0.15, 0.2) is 0 Å². The number of benzene rings is 1. The van der Waals surface area contributed by atoms with Gasteiger partial charge in [-0.05, 0) is 32.2 Å². The molecule has 3 N–H and O–H groups in total. The van der Waals surface area contributed by atoms with Crippen LogP contribution in [0, 0.1) is 6.92 Å². The van der Waals surface area contributed by atoms with Gasteiger partial charge in [0, 0.05) is 18.3 Å². The molecule has 1 amide bonds. The van der Waals surface area contributed by atoms with Crippen LogP contribution in [0.25, 0.3) is 0 Å². The fraction of sp³-hybridized carbons (Fsp3) is 0.286. The molecule has 23 heavy (non-hydrogen) atoms. The van der Waals surface area contributed by atoms with E-state index in [1.54, 1.807) is 31.0 Å². The third-order valence-electron chi connectivity index (χ3n) is 2.97. The molecule has 0 atom stereocenters. The third-order valence-corrected chi connectivity index (χ3v) is 3.88. The Kier molecular flexibility index (Phi) is 5.14. The maximum absolute atomic E-state index is 12.0. The molecule has 2 aromatic rings. The van der Waals surface area contributed by atoms with Gasteiger partial charge in [-0.3, -0.25) is 9.69 Å². The van der Waals surface area contributed by atoms with E-state index < -0.39 is 10.0 Å². The van der Waals surface area contributed by atoms with Crippen molar-refractivity contribution in [2.24, 2.45) is 5.14 Å². The number of likely N-dealkylation sites (N-methyl/N-ethyl adjacent to an activating group) is 1. The SMILES string of the molecule is Cc1cc(CN(C)CC(=O)Nc2cccc(S(N)(=O)=O)c2)no1. The largest absolute Gasteiger partial charge is 0.361 e. The number of nitrogens with two attached hydrogens (primary N) is 1. The van der Waals surface area contributed by atoms with Crippen LogP contribution in [0.2, 0.25) is 0 Å². The molecule has 0 unspecified atom stereocenters. The van der Waals surface area contributed by atoms with Crippen molar-refractivity contribution in [1.82, 2.24) is 10.1 Å². The average molecular weight is 338 g/mol. The van der Waals surface area contributed by atoms with Crippen molar-refractivity contribution in [2.45, 2.75) is 18.4 Å². The van der Waals surface area contributed by atoms with Crippen molar-refractivity contribution in [3.8, 4) is 0 Å². The highest BCUT2D eigenvalue weighted by Gasteiger charge is 2.12. The predicted molar refractivity (Wildman–Crippen MR) is 84.0 cm³/mol. The zero-order valence-corrected chi connectivity index (χ0v) is 13.6. The number of anilines is 1. The van der Waals surface area contributed by atoms with Crippen molar-refractivity contribution in [2.75, 3.05) is 18.9 Å². The number of hydrogen-bond donors (Lipinski definition) is 2. The normalized spacial score (nSPS) is 11.7. The molecule has 0 fully saturated rings. The van der Waals surface area contributed by atoms with E-state index in [1.165, 1.54) is 18.2 Å². The van der Waals surface area contributed by atoms with Crippen LogP contribution in [0.4, 0.5) is 5.69 Å². The summed E-state index contributed by atoms with van der Waals surface area (Å²) in [5, 5.41) is 11.5. The Bertz CT molecular complexity index is 801. The summed E-state index contributed by atoms with van der Waals surface area (Å²) in [5.41, 5.74) is 1.10. The van der Waals surface area contributed by atoms with Crippen molar-refractivity contribution < 1.29 is 17.7 Å². The van der Waals surface area contributed by atoms with Crippen molar-refractivity contribution >= 4 is 21.6 Å². The molecule has 0 saturated carbocycles. The van der Waals surface area contributed by atoms with E-state index in [0.717, 1.165) is 5.69 Å². The third kappa shape index (κ3) is 5.16. The van der Waals surface area contributed by atoms with Gasteiger partial charge < -0.3 is 9.84 Å². The summed E-state index contributed by atoms with van der Waals surface area (Å²) in [5.74, 6) is 0.428. The molecule has 124 valence electrons. The second-order valence-corrected chi connectivity index (χ2v) is 6.78. The molecule has 0 aliphatic rings. The molecule has 1 aromatic carbocycles. The number of carbonyl (C=O) groups excluding carboxylic acids is 1. The van der Waals surface area contributed by atoms with Crippen LogP contribution in [0.5, 0.6) is 0 Å². The monoisotopic (exact) mass is 338 g/mol. The summed E-state index contributed by atoms with van der Waals surface area (Å²) in [6.45, 7) is 2.37. The molecule has 0 saturated heterocycles. The van der Waals surface area contributed by atoms with Gasteiger partial charge in [-0.25, -0.2) is 13.6 Å². The smallest absolute Gasteiger partial charge is 0.238 e. The van der Waals surface area contributed by atoms with Gasteiger partial charge in [-0.2, -0.15) is 0 Å². The predicted octanol–water partition coefficient (Wildman–Crippen LogP) is 0.701. The molecule has 1 heterocycles. The van der Waals surface area contributed by atoms with Gasteiger partial charge in [-0.1, -0.05) is 11.2 Å². The summed E-state index contributed by atoms with van der Waals surface area (Å²) in [6, 6.07) is 7.58. The molecular weight excluding hydrogens is 320 g/mol. The maximum atomic E-state index is 12.0. The van der Waals surface area contributed by atoms with E-state index in [4.69, 9.17) is 9.66 Å². The van der Waals surface area contributed by atoms with Gasteiger partial charge in [0.25, 0.3) is 0 Å². The van der Waals surface area contributed by atoms with Crippen LogP contribution in [0.3, 0.4) is 0 Å². The molecule has 0 bridgehead atoms. The highest BCUT2D eigenvalue weighted by molar-refractivity contribution is 7.89. The van der Waals surface area contributed by atoms with Crippen molar-refractivity contribution in [3.05, 3.63) is 41.8 Å². The first-order chi connectivity index (χ1) is 10.7. The number of nitrogens with zero attached hydrogens (tertiary/aromatic N) is 2. The highest BCUT2D eigenvalue weighted by Crippen LogP contribution is 2.14. The number of rotatable bonds is 6. The van der Waals surface area contributed by atoms with E-state index >= 15 is 0 Å². The van der Waals surface area contributed by atoms with Crippen molar-refractivity contribution in [1.29, 1.82) is 0 Å². The van der Waals surface area contributed by atoms with Gasteiger partial charge in [0.05, 0.1) is 17.1 Å². The van der Waals surface area contributed by atoms with Gasteiger partial charge in [-0.15, -0.1) is 0 Å². The molecule has 1 aromatic heterocycles. The maximum Gasteiger partial charge on any atom is 0.238 e. The number of nitrogens with one attached hydrogen (secondary N) is 1. The number of aromatic nitrogens is 1. The fourth-order valence-electron chi connectivity index (χ4n) is 2.02. The first-order valence-electron chi connectivity index (χ1n) is 6.77. The Morgan fingerprint density at radius 3 is 2.74 bits per heavy atom. The Labute approximate surface area is 134 Å². The Hall–Kier alpha value is -2.23. The van der Waals surface area contributed by atoms with E-state index in [0.29, 0.717) is 18.0 Å². The molecule has 0 spiro atoms. The minimum absolute atomic E-state index is 0.0540. The zero-order chi connectivity index (χ0) is 17.0. The van der Waals surface area contributed by atoms with E-state index in [9.17, 15) is 13.2 Å². The molecule has 9 heteroatoms. The minimum atomic E-state index is -3.80. The van der Waals surface area contributed by atoms with Crippen LogP contribution in [0.1, 0.15) is 11.5 Å². The number of hydrogen-bond acceptors (Lipinski definition) is 6. The summed E-state index contributed by atoms with van der Waals surface area (Å²) in [6.07, 6.45) is 0. The number of amides is 1. The average Bonchev–Trinajstić information content (AvgIpc) is 2.83. The molecule has 0 aliphatic heterocycles.